The van der Waals surface area contributed by atoms with Crippen molar-refractivity contribution in [2.45, 2.75) is 50.6 Å². The average Bonchev–Trinajstić information content (AvgIpc) is 3.23. The van der Waals surface area contributed by atoms with Crippen molar-refractivity contribution in [3.05, 3.63) is 47.3 Å². The zero-order valence-electron chi connectivity index (χ0n) is 12.1. The van der Waals surface area contributed by atoms with E-state index in [9.17, 15) is 9.18 Å². The van der Waals surface area contributed by atoms with Gasteiger partial charge in [-0.25, -0.2) is 4.39 Å². The van der Waals surface area contributed by atoms with Gasteiger partial charge in [-0.2, -0.15) is 0 Å². The third-order valence-corrected chi connectivity index (χ3v) is 5.02. The number of piperidine rings is 1. The Bertz CT molecular complexity index is 589. The Morgan fingerprint density at radius 1 is 1.14 bits per heavy atom. The second kappa shape index (κ2) is 4.97. The van der Waals surface area contributed by atoms with Gasteiger partial charge in [0.1, 0.15) is 5.82 Å². The Kier molecular flexibility index (Phi) is 3.09. The lowest BCUT2D eigenvalue weighted by molar-refractivity contribution is 0.0634. The van der Waals surface area contributed by atoms with Gasteiger partial charge in [0, 0.05) is 17.6 Å². The Labute approximate surface area is 124 Å². The van der Waals surface area contributed by atoms with Crippen LogP contribution in [0.3, 0.4) is 0 Å². The zero-order valence-corrected chi connectivity index (χ0v) is 12.1. The van der Waals surface area contributed by atoms with Crippen molar-refractivity contribution >= 4 is 5.91 Å². The van der Waals surface area contributed by atoms with Crippen molar-refractivity contribution in [2.75, 3.05) is 0 Å². The smallest absolute Gasteiger partial charge is 0.254 e. The van der Waals surface area contributed by atoms with Crippen molar-refractivity contribution in [1.29, 1.82) is 0 Å². The van der Waals surface area contributed by atoms with E-state index in [1.54, 1.807) is 17.7 Å². The van der Waals surface area contributed by atoms with Crippen LogP contribution in [0.4, 0.5) is 4.39 Å². The standard InChI is InChI=1S/C18H20FNO/c19-15-3-1-2-14(11-15)18(21)20-16-6-7-17(20)10-13(9-16)8-12-4-5-12/h1-3,8,11-12,16-17H,4-7,9-10H2. The lowest BCUT2D eigenvalue weighted by Gasteiger charge is -2.36. The van der Waals surface area contributed by atoms with Crippen LogP contribution in [-0.2, 0) is 0 Å². The van der Waals surface area contributed by atoms with Gasteiger partial charge in [-0.05, 0) is 62.6 Å². The Morgan fingerprint density at radius 2 is 1.86 bits per heavy atom. The fraction of sp³-hybridized carbons (Fsp3) is 0.500. The van der Waals surface area contributed by atoms with Gasteiger partial charge in [0.05, 0.1) is 0 Å². The van der Waals surface area contributed by atoms with Crippen LogP contribution >= 0.6 is 0 Å². The molecule has 1 aromatic rings. The van der Waals surface area contributed by atoms with E-state index < -0.39 is 0 Å². The van der Waals surface area contributed by atoms with Crippen molar-refractivity contribution in [3.8, 4) is 0 Å². The SMILES string of the molecule is O=C(c1cccc(F)c1)N1C2CCC1CC(=CC1CC1)C2. The number of amides is 1. The van der Waals surface area contributed by atoms with Crippen LogP contribution in [0.15, 0.2) is 35.9 Å². The summed E-state index contributed by atoms with van der Waals surface area (Å²) < 4.78 is 13.3. The van der Waals surface area contributed by atoms with E-state index in [1.807, 2.05) is 4.90 Å². The monoisotopic (exact) mass is 285 g/mol. The fourth-order valence-corrected chi connectivity index (χ4v) is 3.89. The van der Waals surface area contributed by atoms with Gasteiger partial charge in [0.25, 0.3) is 5.91 Å². The van der Waals surface area contributed by atoms with E-state index in [0.29, 0.717) is 17.6 Å². The molecule has 1 aliphatic carbocycles. The molecule has 1 aromatic carbocycles. The van der Waals surface area contributed by atoms with Crippen molar-refractivity contribution < 1.29 is 9.18 Å². The molecule has 2 saturated heterocycles. The molecule has 2 unspecified atom stereocenters. The number of fused-ring (bicyclic) bond motifs is 2. The lowest BCUT2D eigenvalue weighted by atomic mass is 9.94. The molecule has 110 valence electrons. The molecular formula is C18H20FNO. The van der Waals surface area contributed by atoms with E-state index in [2.05, 4.69) is 6.08 Å². The average molecular weight is 285 g/mol. The Morgan fingerprint density at radius 3 is 2.48 bits per heavy atom. The fourth-order valence-electron chi connectivity index (χ4n) is 3.89. The molecule has 3 heteroatoms. The number of hydrogen-bond acceptors (Lipinski definition) is 1. The molecule has 1 amide bonds. The summed E-state index contributed by atoms with van der Waals surface area (Å²) in [7, 11) is 0. The predicted octanol–water partition coefficient (Wildman–Crippen LogP) is 3.93. The molecule has 2 nitrogen and oxygen atoms in total. The quantitative estimate of drug-likeness (QED) is 0.754. The molecule has 21 heavy (non-hydrogen) atoms. The molecule has 4 rings (SSSR count). The highest BCUT2D eigenvalue weighted by atomic mass is 19.1. The van der Waals surface area contributed by atoms with Crippen molar-refractivity contribution in [1.82, 2.24) is 4.90 Å². The van der Waals surface area contributed by atoms with Crippen LogP contribution in [0.5, 0.6) is 0 Å². The molecular weight excluding hydrogens is 265 g/mol. The van der Waals surface area contributed by atoms with Crippen molar-refractivity contribution in [2.24, 2.45) is 5.92 Å². The zero-order chi connectivity index (χ0) is 14.4. The molecule has 2 aliphatic heterocycles. The number of rotatable bonds is 2. The first kappa shape index (κ1) is 13.1. The van der Waals surface area contributed by atoms with E-state index in [4.69, 9.17) is 0 Å². The maximum atomic E-state index is 13.3. The second-order valence-corrected chi connectivity index (χ2v) is 6.68. The Balaban J connectivity index is 1.55. The minimum atomic E-state index is -0.334. The van der Waals surface area contributed by atoms with Crippen LogP contribution in [0.1, 0.15) is 48.9 Å². The maximum absolute atomic E-state index is 13.3. The van der Waals surface area contributed by atoms with Crippen LogP contribution in [0.2, 0.25) is 0 Å². The van der Waals surface area contributed by atoms with Crippen LogP contribution in [0.25, 0.3) is 0 Å². The van der Waals surface area contributed by atoms with Crippen LogP contribution in [-0.4, -0.2) is 22.9 Å². The van der Waals surface area contributed by atoms with Gasteiger partial charge in [-0.15, -0.1) is 0 Å². The lowest BCUT2D eigenvalue weighted by Crippen LogP contribution is -2.44. The molecule has 0 aromatic heterocycles. The molecule has 2 atom stereocenters. The predicted molar refractivity (Wildman–Crippen MR) is 79.4 cm³/mol. The molecule has 0 radical (unpaired) electrons. The minimum absolute atomic E-state index is 0.00692. The molecule has 3 fully saturated rings. The first-order valence-electron chi connectivity index (χ1n) is 7.98. The number of carbonyl (C=O) groups excluding carboxylic acids is 1. The number of nitrogens with zero attached hydrogens (tertiary/aromatic N) is 1. The molecule has 3 aliphatic rings. The van der Waals surface area contributed by atoms with Gasteiger partial charge in [-0.3, -0.25) is 4.79 Å². The summed E-state index contributed by atoms with van der Waals surface area (Å²) in [6.07, 6.45) is 9.36. The second-order valence-electron chi connectivity index (χ2n) is 6.68. The number of carbonyl (C=O) groups is 1. The maximum Gasteiger partial charge on any atom is 0.254 e. The summed E-state index contributed by atoms with van der Waals surface area (Å²) in [6.45, 7) is 0. The molecule has 1 saturated carbocycles. The van der Waals surface area contributed by atoms with Gasteiger partial charge >= 0.3 is 0 Å². The largest absolute Gasteiger partial charge is 0.332 e. The van der Waals surface area contributed by atoms with Crippen molar-refractivity contribution in [3.63, 3.8) is 0 Å². The molecule has 0 spiro atoms. The number of hydrogen-bond donors (Lipinski definition) is 0. The van der Waals surface area contributed by atoms with E-state index in [-0.39, 0.29) is 11.7 Å². The highest BCUT2D eigenvalue weighted by molar-refractivity contribution is 5.95. The number of halogens is 1. The van der Waals surface area contributed by atoms with E-state index in [1.165, 1.54) is 25.0 Å². The highest BCUT2D eigenvalue weighted by Gasteiger charge is 2.41. The Hall–Kier alpha value is -1.64. The molecule has 2 bridgehead atoms. The summed E-state index contributed by atoms with van der Waals surface area (Å²) in [5.74, 6) is 0.483. The van der Waals surface area contributed by atoms with Gasteiger partial charge < -0.3 is 4.90 Å². The van der Waals surface area contributed by atoms with E-state index in [0.717, 1.165) is 31.6 Å². The summed E-state index contributed by atoms with van der Waals surface area (Å²) >= 11 is 0. The van der Waals surface area contributed by atoms with Crippen LogP contribution in [0, 0.1) is 11.7 Å². The third kappa shape index (κ3) is 2.50. The van der Waals surface area contributed by atoms with Crippen LogP contribution < -0.4 is 0 Å². The first-order chi connectivity index (χ1) is 10.2. The summed E-state index contributed by atoms with van der Waals surface area (Å²) in [4.78, 5) is 14.7. The first-order valence-corrected chi connectivity index (χ1v) is 7.98. The third-order valence-electron chi connectivity index (χ3n) is 5.02. The summed E-state index contributed by atoms with van der Waals surface area (Å²) in [6, 6.07) is 6.73. The minimum Gasteiger partial charge on any atom is -0.332 e. The number of allylic oxidation sites excluding steroid dienone is 1. The van der Waals surface area contributed by atoms with Gasteiger partial charge in [0.15, 0.2) is 0 Å². The molecule has 2 heterocycles. The highest BCUT2D eigenvalue weighted by Crippen LogP contribution is 2.41. The summed E-state index contributed by atoms with van der Waals surface area (Å²) in [5, 5.41) is 0. The number of benzene rings is 1. The van der Waals surface area contributed by atoms with Gasteiger partial charge in [-0.1, -0.05) is 17.7 Å². The molecule has 0 N–H and O–H groups in total. The van der Waals surface area contributed by atoms with E-state index >= 15 is 0 Å². The summed E-state index contributed by atoms with van der Waals surface area (Å²) in [5.41, 5.74) is 2.04. The van der Waals surface area contributed by atoms with Gasteiger partial charge in [0.2, 0.25) is 0 Å². The normalized spacial score (nSPS) is 27.9. The topological polar surface area (TPSA) is 20.3 Å².